The fraction of sp³-hybridized carbons (Fsp3) is 0.667. The average Bonchev–Trinajstić information content (AvgIpc) is 3.38. The van der Waals surface area contributed by atoms with Crippen molar-refractivity contribution >= 4 is 33.6 Å². The fourth-order valence-corrected chi connectivity index (χ4v) is 8.45. The Hall–Kier alpha value is -1.88. The van der Waals surface area contributed by atoms with Gasteiger partial charge >= 0.3 is 6.09 Å². The summed E-state index contributed by atoms with van der Waals surface area (Å²) >= 11 is 6.14. The number of rotatable bonds is 4. The van der Waals surface area contributed by atoms with Gasteiger partial charge in [-0.25, -0.2) is 13.2 Å². The molecule has 5 rings (SSSR count). The molecule has 1 unspecified atom stereocenters. The topological polar surface area (TPSA) is 99.3 Å². The molecule has 9 nitrogen and oxygen atoms in total. The van der Waals surface area contributed by atoms with Gasteiger partial charge in [-0.15, -0.1) is 0 Å². The summed E-state index contributed by atoms with van der Waals surface area (Å²) in [5, 5.41) is 3.52. The number of halogens is 1. The van der Waals surface area contributed by atoms with Crippen LogP contribution in [0.5, 0.6) is 0 Å². The van der Waals surface area contributed by atoms with Crippen LogP contribution >= 0.6 is 11.6 Å². The van der Waals surface area contributed by atoms with E-state index in [4.69, 9.17) is 16.3 Å². The van der Waals surface area contributed by atoms with Crippen LogP contribution in [0.3, 0.4) is 0 Å². The Labute approximate surface area is 211 Å². The zero-order valence-corrected chi connectivity index (χ0v) is 21.6. The number of carbonyl (C=O) groups excluding carboxylic acids is 2. The van der Waals surface area contributed by atoms with E-state index in [0.29, 0.717) is 35.5 Å². The molecule has 1 aromatic rings. The molecule has 11 heteroatoms. The summed E-state index contributed by atoms with van der Waals surface area (Å²) in [6.45, 7) is 4.65. The highest BCUT2D eigenvalue weighted by atomic mass is 35.5. The van der Waals surface area contributed by atoms with Gasteiger partial charge in [0.15, 0.2) is 0 Å². The second-order valence-corrected chi connectivity index (χ2v) is 12.3. The minimum atomic E-state index is -3.64. The Balaban J connectivity index is 1.14. The van der Waals surface area contributed by atoms with Crippen LogP contribution in [0.1, 0.15) is 57.1 Å². The lowest BCUT2D eigenvalue weighted by Gasteiger charge is -2.38. The van der Waals surface area contributed by atoms with Crippen LogP contribution in [0.2, 0.25) is 5.02 Å². The predicted octanol–water partition coefficient (Wildman–Crippen LogP) is 2.75. The number of amides is 2. The van der Waals surface area contributed by atoms with Gasteiger partial charge in [-0.1, -0.05) is 11.6 Å². The molecule has 3 saturated heterocycles. The number of carbonyl (C=O) groups is 2. The first-order valence-electron chi connectivity index (χ1n) is 12.5. The minimum absolute atomic E-state index is 0.00751. The minimum Gasteiger partial charge on any atom is -0.448 e. The van der Waals surface area contributed by atoms with Gasteiger partial charge in [0.1, 0.15) is 6.61 Å². The Kier molecular flexibility index (Phi) is 7.00. The average molecular weight is 525 g/mol. The van der Waals surface area contributed by atoms with Gasteiger partial charge in [0.2, 0.25) is 15.9 Å². The number of ether oxygens (including phenoxy) is 1. The molecular formula is C24H33ClN4O5S. The van der Waals surface area contributed by atoms with E-state index in [2.05, 4.69) is 10.2 Å². The summed E-state index contributed by atoms with van der Waals surface area (Å²) in [5.74, 6) is 0.00751. The molecule has 0 aliphatic carbocycles. The third-order valence-electron chi connectivity index (χ3n) is 7.83. The molecular weight excluding hydrogens is 492 g/mol. The SMILES string of the molecule is CC(=O)NC1CCN(C2CCN(C(=O)OC[C@H]3CCC[C@H]4c5cc(Cl)ccc5S(=O)(=O)N34)CC2)C1. The number of sulfonamides is 1. The van der Waals surface area contributed by atoms with E-state index in [1.54, 1.807) is 30.0 Å². The summed E-state index contributed by atoms with van der Waals surface area (Å²) in [4.78, 5) is 28.6. The second kappa shape index (κ2) is 9.88. The summed E-state index contributed by atoms with van der Waals surface area (Å²) in [6, 6.07) is 4.92. The number of hydrogen-bond donors (Lipinski definition) is 1. The van der Waals surface area contributed by atoms with Gasteiger partial charge in [-0.05, 0) is 62.3 Å². The summed E-state index contributed by atoms with van der Waals surface area (Å²) in [5.41, 5.74) is 0.748. The molecule has 0 spiro atoms. The normalized spacial score (nSPS) is 29.0. The summed E-state index contributed by atoms with van der Waals surface area (Å²) in [6.07, 6.45) is 4.58. The van der Waals surface area contributed by atoms with Gasteiger partial charge in [0.25, 0.3) is 0 Å². The summed E-state index contributed by atoms with van der Waals surface area (Å²) < 4.78 is 33.7. The molecule has 2 amide bonds. The molecule has 4 aliphatic heterocycles. The lowest BCUT2D eigenvalue weighted by molar-refractivity contribution is -0.119. The van der Waals surface area contributed by atoms with E-state index in [1.165, 1.54) is 4.31 Å². The molecule has 4 heterocycles. The quantitative estimate of drug-likeness (QED) is 0.650. The van der Waals surface area contributed by atoms with Gasteiger partial charge in [-0.3, -0.25) is 9.69 Å². The predicted molar refractivity (Wildman–Crippen MR) is 131 cm³/mol. The first-order chi connectivity index (χ1) is 16.7. The Morgan fingerprint density at radius 2 is 1.89 bits per heavy atom. The number of benzene rings is 1. The van der Waals surface area contributed by atoms with Crippen LogP contribution in [-0.2, 0) is 19.6 Å². The smallest absolute Gasteiger partial charge is 0.409 e. The van der Waals surface area contributed by atoms with Crippen molar-refractivity contribution in [3.05, 3.63) is 28.8 Å². The van der Waals surface area contributed by atoms with Crippen LogP contribution in [0, 0.1) is 0 Å². The van der Waals surface area contributed by atoms with Crippen LogP contribution in [0.25, 0.3) is 0 Å². The highest BCUT2D eigenvalue weighted by Gasteiger charge is 2.48. The molecule has 0 bridgehead atoms. The molecule has 3 atom stereocenters. The summed E-state index contributed by atoms with van der Waals surface area (Å²) in [7, 11) is -3.64. The molecule has 35 heavy (non-hydrogen) atoms. The second-order valence-electron chi connectivity index (χ2n) is 10.1. The number of fused-ring (bicyclic) bond motifs is 3. The Bertz CT molecular complexity index is 1090. The van der Waals surface area contributed by atoms with Crippen LogP contribution in [0.15, 0.2) is 23.1 Å². The molecule has 0 aromatic heterocycles. The first-order valence-corrected chi connectivity index (χ1v) is 14.3. The number of likely N-dealkylation sites (tertiary alicyclic amines) is 2. The molecule has 0 radical (unpaired) electrons. The molecule has 0 saturated carbocycles. The Morgan fingerprint density at radius 3 is 2.63 bits per heavy atom. The number of nitrogens with zero attached hydrogens (tertiary/aromatic N) is 3. The van der Waals surface area contributed by atoms with Crippen molar-refractivity contribution in [2.75, 3.05) is 32.8 Å². The van der Waals surface area contributed by atoms with Crippen molar-refractivity contribution in [3.8, 4) is 0 Å². The maximum atomic E-state index is 13.2. The van der Waals surface area contributed by atoms with Crippen molar-refractivity contribution in [3.63, 3.8) is 0 Å². The molecule has 4 aliphatic rings. The van der Waals surface area contributed by atoms with E-state index in [9.17, 15) is 18.0 Å². The maximum Gasteiger partial charge on any atom is 0.409 e. The van der Waals surface area contributed by atoms with Crippen LogP contribution < -0.4 is 5.32 Å². The van der Waals surface area contributed by atoms with Crippen LogP contribution in [0.4, 0.5) is 4.79 Å². The van der Waals surface area contributed by atoms with Crippen LogP contribution in [-0.4, -0.2) is 85.4 Å². The van der Waals surface area contributed by atoms with Gasteiger partial charge < -0.3 is 15.0 Å². The third kappa shape index (κ3) is 4.90. The number of piperidine rings is 2. The zero-order chi connectivity index (χ0) is 24.7. The van der Waals surface area contributed by atoms with E-state index in [1.807, 2.05) is 0 Å². The maximum absolute atomic E-state index is 13.2. The molecule has 1 N–H and O–H groups in total. The monoisotopic (exact) mass is 524 g/mol. The molecule has 1 aromatic carbocycles. The standard InChI is InChI=1S/C24H33ClN4O5S/c1-16(30)26-18-7-10-28(14-18)19-8-11-27(12-9-19)24(31)34-15-20-3-2-4-22-21-13-17(25)5-6-23(21)35(32,33)29(20)22/h5-6,13,18-20,22H,2-4,7-12,14-15H2,1H3,(H,26,30)/t18?,20-,22+/m1/s1. The largest absolute Gasteiger partial charge is 0.448 e. The highest BCUT2D eigenvalue weighted by Crippen LogP contribution is 2.47. The van der Waals surface area contributed by atoms with E-state index in [-0.39, 0.29) is 36.7 Å². The van der Waals surface area contributed by atoms with Gasteiger partial charge in [-0.2, -0.15) is 4.31 Å². The van der Waals surface area contributed by atoms with Crippen molar-refractivity contribution in [1.82, 2.24) is 19.4 Å². The lowest BCUT2D eigenvalue weighted by Crippen LogP contribution is -2.48. The number of nitrogens with one attached hydrogen (secondary N) is 1. The van der Waals surface area contributed by atoms with Crippen molar-refractivity contribution < 1.29 is 22.7 Å². The zero-order valence-electron chi connectivity index (χ0n) is 20.0. The third-order valence-corrected chi connectivity index (χ3v) is 10.1. The van der Waals surface area contributed by atoms with E-state index >= 15 is 0 Å². The van der Waals surface area contributed by atoms with Crippen molar-refractivity contribution in [1.29, 1.82) is 0 Å². The highest BCUT2D eigenvalue weighted by molar-refractivity contribution is 7.89. The number of hydrogen-bond acceptors (Lipinski definition) is 6. The first kappa shape index (κ1) is 24.8. The van der Waals surface area contributed by atoms with Gasteiger partial charge in [0, 0.05) is 50.2 Å². The fourth-order valence-electron chi connectivity index (χ4n) is 6.19. The molecule has 192 valence electrons. The Morgan fingerprint density at radius 1 is 1.11 bits per heavy atom. The van der Waals surface area contributed by atoms with E-state index < -0.39 is 10.0 Å². The molecule has 3 fully saturated rings. The van der Waals surface area contributed by atoms with E-state index in [0.717, 1.165) is 50.8 Å². The van der Waals surface area contributed by atoms with Crippen molar-refractivity contribution in [2.45, 2.75) is 74.5 Å². The lowest BCUT2D eigenvalue weighted by atomic mass is 9.94. The van der Waals surface area contributed by atoms with Crippen molar-refractivity contribution in [2.24, 2.45) is 0 Å². The van der Waals surface area contributed by atoms with Gasteiger partial charge in [0.05, 0.1) is 17.0 Å².